The van der Waals surface area contributed by atoms with Gasteiger partial charge >= 0.3 is 0 Å². The molecule has 2 amide bonds. The van der Waals surface area contributed by atoms with Crippen molar-refractivity contribution in [3.8, 4) is 0 Å². The highest BCUT2D eigenvalue weighted by Gasteiger charge is 2.45. The summed E-state index contributed by atoms with van der Waals surface area (Å²) in [6.07, 6.45) is 4.91. The highest BCUT2D eigenvalue weighted by Crippen LogP contribution is 2.40. The number of rotatable bonds is 6. The van der Waals surface area contributed by atoms with Crippen LogP contribution < -0.4 is 10.9 Å². The molecule has 196 valence electrons. The Labute approximate surface area is 222 Å². The van der Waals surface area contributed by atoms with Crippen LogP contribution in [0.4, 0.5) is 0 Å². The molecule has 3 aromatic heterocycles. The third kappa shape index (κ3) is 5.30. The van der Waals surface area contributed by atoms with Gasteiger partial charge in [-0.25, -0.2) is 9.67 Å². The minimum atomic E-state index is -0.851. The molecule has 5 rings (SSSR count). The van der Waals surface area contributed by atoms with Crippen molar-refractivity contribution in [2.75, 3.05) is 6.54 Å². The van der Waals surface area contributed by atoms with E-state index in [0.29, 0.717) is 17.3 Å². The number of likely N-dealkylation sites (tertiary alicyclic amines) is 1. The Morgan fingerprint density at radius 2 is 2.00 bits per heavy atom. The molecule has 3 aromatic rings. The highest BCUT2D eigenvalue weighted by molar-refractivity contribution is 9.10. The van der Waals surface area contributed by atoms with Crippen molar-refractivity contribution in [3.05, 3.63) is 56.8 Å². The average molecular weight is 572 g/mol. The molecular weight excluding hydrogens is 542 g/mol. The van der Waals surface area contributed by atoms with Crippen molar-refractivity contribution in [1.82, 2.24) is 34.6 Å². The zero-order chi connectivity index (χ0) is 26.5. The standard InChI is InChI=1S/C25H30BrN7O4/c1-25(2,3)22(33-13-18(29-30-33)14-4-5-14)24(37)31-12-17(34)9-19(31)23(36)27-10-16-8-21(35)32-11-15(26)6-7-20(32)28-16/h6-8,11,13-14,17,19,22,34H,4-5,9-10,12H2,1-3H3,(H,27,36)/t17?,19?,22-/m1/s1. The zero-order valence-electron chi connectivity index (χ0n) is 21.0. The van der Waals surface area contributed by atoms with E-state index in [4.69, 9.17) is 0 Å². The second-order valence-electron chi connectivity index (χ2n) is 10.9. The molecule has 0 bridgehead atoms. The summed E-state index contributed by atoms with van der Waals surface area (Å²) in [5, 5.41) is 21.7. The fraction of sp³-hybridized carbons (Fsp3) is 0.520. The highest BCUT2D eigenvalue weighted by atomic mass is 79.9. The lowest BCUT2D eigenvalue weighted by Gasteiger charge is -2.34. The van der Waals surface area contributed by atoms with Crippen LogP contribution in [-0.2, 0) is 16.1 Å². The lowest BCUT2D eigenvalue weighted by molar-refractivity contribution is -0.144. The molecule has 1 saturated carbocycles. The van der Waals surface area contributed by atoms with Crippen LogP contribution in [0.3, 0.4) is 0 Å². The van der Waals surface area contributed by atoms with Crippen LogP contribution in [0.25, 0.3) is 5.65 Å². The van der Waals surface area contributed by atoms with Crippen LogP contribution in [0.15, 0.2) is 39.9 Å². The first-order chi connectivity index (χ1) is 17.5. The minimum absolute atomic E-state index is 0.0196. The van der Waals surface area contributed by atoms with E-state index in [1.807, 2.05) is 27.0 Å². The first-order valence-corrected chi connectivity index (χ1v) is 13.2. The maximum absolute atomic E-state index is 13.8. The van der Waals surface area contributed by atoms with Crippen molar-refractivity contribution in [2.45, 2.75) is 70.7 Å². The second kappa shape index (κ2) is 9.64. The number of fused-ring (bicyclic) bond motifs is 1. The van der Waals surface area contributed by atoms with Gasteiger partial charge in [-0.2, -0.15) is 0 Å². The summed E-state index contributed by atoms with van der Waals surface area (Å²) in [7, 11) is 0. The first-order valence-electron chi connectivity index (χ1n) is 12.4. The molecule has 3 atom stereocenters. The molecule has 4 heterocycles. The van der Waals surface area contributed by atoms with Crippen molar-refractivity contribution < 1.29 is 14.7 Å². The number of hydrogen-bond acceptors (Lipinski definition) is 7. The Morgan fingerprint density at radius 3 is 2.70 bits per heavy atom. The number of β-amino-alcohol motifs (C(OH)–C–C–N with tert-alkyl or cyclic N) is 1. The van der Waals surface area contributed by atoms with Gasteiger partial charge in [0, 0.05) is 41.8 Å². The molecule has 1 aliphatic heterocycles. The summed E-state index contributed by atoms with van der Waals surface area (Å²) in [4.78, 5) is 45.4. The molecular formula is C25H30BrN7O4. The normalized spacial score (nSPS) is 20.8. The van der Waals surface area contributed by atoms with Gasteiger partial charge in [0.1, 0.15) is 17.7 Å². The lowest BCUT2D eigenvalue weighted by Crippen LogP contribution is -2.50. The molecule has 37 heavy (non-hydrogen) atoms. The van der Waals surface area contributed by atoms with E-state index in [0.717, 1.165) is 23.0 Å². The van der Waals surface area contributed by atoms with Gasteiger partial charge in [0.25, 0.3) is 5.56 Å². The second-order valence-corrected chi connectivity index (χ2v) is 11.9. The van der Waals surface area contributed by atoms with Crippen LogP contribution in [0.5, 0.6) is 0 Å². The van der Waals surface area contributed by atoms with E-state index < -0.39 is 29.5 Å². The zero-order valence-corrected chi connectivity index (χ0v) is 22.6. The van der Waals surface area contributed by atoms with Crippen LogP contribution >= 0.6 is 15.9 Å². The monoisotopic (exact) mass is 571 g/mol. The fourth-order valence-corrected chi connectivity index (χ4v) is 5.18. The summed E-state index contributed by atoms with van der Waals surface area (Å²) in [6, 6.07) is 3.31. The van der Waals surface area contributed by atoms with Crippen molar-refractivity contribution in [3.63, 3.8) is 0 Å². The van der Waals surface area contributed by atoms with E-state index in [1.54, 1.807) is 23.0 Å². The summed E-state index contributed by atoms with van der Waals surface area (Å²) in [5.41, 5.74) is 0.963. The summed E-state index contributed by atoms with van der Waals surface area (Å²) < 4.78 is 3.76. The Balaban J connectivity index is 1.33. The maximum atomic E-state index is 13.8. The lowest BCUT2D eigenvalue weighted by atomic mass is 9.85. The van der Waals surface area contributed by atoms with Gasteiger partial charge in [-0.1, -0.05) is 26.0 Å². The van der Waals surface area contributed by atoms with E-state index in [-0.39, 0.29) is 31.0 Å². The Bertz CT molecular complexity index is 1410. The molecule has 11 nitrogen and oxygen atoms in total. The van der Waals surface area contributed by atoms with Crippen molar-refractivity contribution >= 4 is 33.4 Å². The molecule has 2 unspecified atom stereocenters. The van der Waals surface area contributed by atoms with Crippen molar-refractivity contribution in [2.24, 2.45) is 5.41 Å². The first kappa shape index (κ1) is 25.5. The van der Waals surface area contributed by atoms with Crippen LogP contribution in [0, 0.1) is 5.41 Å². The van der Waals surface area contributed by atoms with Crippen LogP contribution in [-0.4, -0.2) is 64.9 Å². The van der Waals surface area contributed by atoms with Crippen molar-refractivity contribution in [1.29, 1.82) is 0 Å². The molecule has 0 radical (unpaired) electrons. The smallest absolute Gasteiger partial charge is 0.258 e. The maximum Gasteiger partial charge on any atom is 0.258 e. The van der Waals surface area contributed by atoms with Crippen LogP contribution in [0.2, 0.25) is 0 Å². The summed E-state index contributed by atoms with van der Waals surface area (Å²) in [5.74, 6) is -0.299. The van der Waals surface area contributed by atoms with Gasteiger partial charge < -0.3 is 15.3 Å². The third-order valence-electron chi connectivity index (χ3n) is 6.83. The molecule has 1 aliphatic carbocycles. The number of aliphatic hydroxyl groups excluding tert-OH is 1. The molecule has 2 fully saturated rings. The van der Waals surface area contributed by atoms with Gasteiger partial charge in [0.15, 0.2) is 0 Å². The quantitative estimate of drug-likeness (QED) is 0.460. The molecule has 0 aromatic carbocycles. The largest absolute Gasteiger partial charge is 0.391 e. The molecule has 2 N–H and O–H groups in total. The van der Waals surface area contributed by atoms with Gasteiger partial charge in [-0.3, -0.25) is 18.8 Å². The number of carbonyl (C=O) groups excluding carboxylic acids is 2. The summed E-state index contributed by atoms with van der Waals surface area (Å²) in [6.45, 7) is 5.90. The summed E-state index contributed by atoms with van der Waals surface area (Å²) >= 11 is 3.34. The number of carbonyl (C=O) groups is 2. The number of amides is 2. The number of aliphatic hydroxyl groups is 1. The van der Waals surface area contributed by atoms with Gasteiger partial charge in [-0.15, -0.1) is 5.10 Å². The average Bonchev–Trinajstić information content (AvgIpc) is 3.44. The Hall–Kier alpha value is -3.12. The van der Waals surface area contributed by atoms with Gasteiger partial charge in [0.05, 0.1) is 24.0 Å². The minimum Gasteiger partial charge on any atom is -0.391 e. The predicted molar refractivity (Wildman–Crippen MR) is 138 cm³/mol. The molecule has 0 spiro atoms. The Morgan fingerprint density at radius 1 is 1.24 bits per heavy atom. The topological polar surface area (TPSA) is 135 Å². The molecule has 2 aliphatic rings. The third-order valence-corrected chi connectivity index (χ3v) is 7.30. The number of hydrogen-bond donors (Lipinski definition) is 2. The number of nitrogens with one attached hydrogen (secondary N) is 1. The van der Waals surface area contributed by atoms with E-state index in [2.05, 4.69) is 36.5 Å². The Kier molecular flexibility index (Phi) is 6.65. The van der Waals surface area contributed by atoms with Crippen LogP contribution in [0.1, 0.15) is 63.4 Å². The SMILES string of the molecule is CC(C)(C)[C@@H](C(=O)N1CC(O)CC1C(=O)NCc1cc(=O)n2cc(Br)ccc2n1)n1cc(C2CC2)nn1. The van der Waals surface area contributed by atoms with Gasteiger partial charge in [-0.05, 0) is 46.3 Å². The molecule has 12 heteroatoms. The van der Waals surface area contributed by atoms with E-state index in [9.17, 15) is 19.5 Å². The fourth-order valence-electron chi connectivity index (χ4n) is 4.84. The van der Waals surface area contributed by atoms with Gasteiger partial charge in [0.2, 0.25) is 11.8 Å². The van der Waals surface area contributed by atoms with E-state index in [1.165, 1.54) is 15.4 Å². The predicted octanol–water partition coefficient (Wildman–Crippen LogP) is 1.79. The number of nitrogens with zero attached hydrogens (tertiary/aromatic N) is 6. The van der Waals surface area contributed by atoms with E-state index >= 15 is 0 Å². The number of aromatic nitrogens is 5. The number of pyridine rings is 1. The molecule has 1 saturated heterocycles. The number of halogens is 1.